The summed E-state index contributed by atoms with van der Waals surface area (Å²) < 4.78 is 7.71. The standard InChI is InChI=1S/C26H31N5O2/c1-3-26-28-10-11-31(26)24(13-27)23-12-25(33-29-23)19-7-4-18(5-8-19)6-9-20-21-15-30(14-17(2)32)16-22(20)21/h4-5,7-8,10-12,17,20-22,24,32H,3,13-16,27H2,1-2H3/t17?,20?,21-,22+,24-/m1/s1. The predicted octanol–water partition coefficient (Wildman–Crippen LogP) is 2.56. The van der Waals surface area contributed by atoms with Crippen molar-refractivity contribution in [2.45, 2.75) is 32.4 Å². The SMILES string of the molecule is CCc1nccn1[C@H](CN)c1cc(-c2ccc(C#CC3[C@H]4CN(CC(C)O)C[C@@H]34)cc2)on1. The summed E-state index contributed by atoms with van der Waals surface area (Å²) in [6.07, 6.45) is 4.31. The van der Waals surface area contributed by atoms with Gasteiger partial charge in [0.1, 0.15) is 11.5 Å². The Morgan fingerprint density at radius 2 is 2.00 bits per heavy atom. The Balaban J connectivity index is 1.23. The molecule has 2 aliphatic rings. The van der Waals surface area contributed by atoms with E-state index in [9.17, 15) is 5.11 Å². The van der Waals surface area contributed by atoms with Crippen molar-refractivity contribution in [1.82, 2.24) is 19.6 Å². The molecule has 0 bridgehead atoms. The largest absolute Gasteiger partial charge is 0.392 e. The van der Waals surface area contributed by atoms with Crippen LogP contribution in [0.2, 0.25) is 0 Å². The van der Waals surface area contributed by atoms with Gasteiger partial charge in [0, 0.05) is 68.1 Å². The van der Waals surface area contributed by atoms with Gasteiger partial charge >= 0.3 is 0 Å². The number of nitrogens with two attached hydrogens (primary N) is 1. The molecule has 1 aliphatic heterocycles. The average Bonchev–Trinajstić information content (AvgIpc) is 3.30. The first kappa shape index (κ1) is 21.9. The monoisotopic (exact) mass is 445 g/mol. The van der Waals surface area contributed by atoms with E-state index in [1.165, 1.54) is 0 Å². The molecule has 1 aromatic carbocycles. The van der Waals surface area contributed by atoms with Crippen LogP contribution in [0, 0.1) is 29.6 Å². The lowest BCUT2D eigenvalue weighted by molar-refractivity contribution is 0.132. The van der Waals surface area contributed by atoms with Crippen molar-refractivity contribution in [3.05, 3.63) is 59.8 Å². The van der Waals surface area contributed by atoms with Crippen molar-refractivity contribution in [3.63, 3.8) is 0 Å². The van der Waals surface area contributed by atoms with E-state index in [0.29, 0.717) is 24.3 Å². The molecule has 3 heterocycles. The molecule has 0 amide bonds. The molecule has 1 saturated carbocycles. The molecule has 3 aromatic rings. The van der Waals surface area contributed by atoms with E-state index in [4.69, 9.17) is 10.3 Å². The van der Waals surface area contributed by atoms with Gasteiger partial charge in [-0.1, -0.05) is 23.9 Å². The second-order valence-electron chi connectivity index (χ2n) is 9.24. The Hall–Kier alpha value is -2.92. The van der Waals surface area contributed by atoms with Crippen LogP contribution in [0.4, 0.5) is 0 Å². The molecule has 2 aromatic heterocycles. The van der Waals surface area contributed by atoms with E-state index in [1.54, 1.807) is 6.20 Å². The maximum Gasteiger partial charge on any atom is 0.167 e. The fourth-order valence-corrected chi connectivity index (χ4v) is 5.10. The fraction of sp³-hybridized carbons (Fsp3) is 0.462. The van der Waals surface area contributed by atoms with Gasteiger partial charge in [0.25, 0.3) is 0 Å². The highest BCUT2D eigenvalue weighted by atomic mass is 16.5. The van der Waals surface area contributed by atoms with Crippen LogP contribution in [0.5, 0.6) is 0 Å². The number of aromatic nitrogens is 3. The van der Waals surface area contributed by atoms with Crippen LogP contribution in [0.3, 0.4) is 0 Å². The van der Waals surface area contributed by atoms with Gasteiger partial charge in [-0.25, -0.2) is 4.98 Å². The van der Waals surface area contributed by atoms with Crippen LogP contribution in [0.15, 0.2) is 47.2 Å². The number of hydrogen-bond acceptors (Lipinski definition) is 6. The van der Waals surface area contributed by atoms with Crippen molar-refractivity contribution >= 4 is 0 Å². The molecule has 33 heavy (non-hydrogen) atoms. The van der Waals surface area contributed by atoms with Gasteiger partial charge in [-0.15, -0.1) is 0 Å². The number of rotatable bonds is 7. The van der Waals surface area contributed by atoms with E-state index < -0.39 is 0 Å². The van der Waals surface area contributed by atoms with Crippen LogP contribution in [0.1, 0.15) is 37.0 Å². The summed E-state index contributed by atoms with van der Waals surface area (Å²) in [7, 11) is 0. The number of benzene rings is 1. The number of aliphatic hydroxyl groups is 1. The molecule has 2 fully saturated rings. The van der Waals surface area contributed by atoms with Gasteiger partial charge in [0.2, 0.25) is 0 Å². The predicted molar refractivity (Wildman–Crippen MR) is 126 cm³/mol. The summed E-state index contributed by atoms with van der Waals surface area (Å²) in [5.41, 5.74) is 8.83. The minimum Gasteiger partial charge on any atom is -0.392 e. The van der Waals surface area contributed by atoms with Gasteiger partial charge in [0.15, 0.2) is 5.76 Å². The van der Waals surface area contributed by atoms with Crippen molar-refractivity contribution in [2.75, 3.05) is 26.2 Å². The lowest BCUT2D eigenvalue weighted by Crippen LogP contribution is -2.31. The zero-order valence-electron chi connectivity index (χ0n) is 19.2. The van der Waals surface area contributed by atoms with Crippen LogP contribution in [-0.2, 0) is 6.42 Å². The van der Waals surface area contributed by atoms with Crippen molar-refractivity contribution in [1.29, 1.82) is 0 Å². The molecular formula is C26H31N5O2. The Bertz CT molecular complexity index is 1140. The van der Waals surface area contributed by atoms with Crippen LogP contribution in [-0.4, -0.2) is 57.0 Å². The zero-order chi connectivity index (χ0) is 22.9. The highest BCUT2D eigenvalue weighted by Gasteiger charge is 2.54. The number of piperidine rings is 1. The van der Waals surface area contributed by atoms with Gasteiger partial charge in [-0.05, 0) is 43.0 Å². The van der Waals surface area contributed by atoms with Crippen molar-refractivity contribution in [3.8, 4) is 23.2 Å². The molecule has 0 radical (unpaired) electrons. The Kier molecular flexibility index (Phi) is 6.07. The van der Waals surface area contributed by atoms with E-state index in [1.807, 2.05) is 43.5 Å². The molecule has 172 valence electrons. The average molecular weight is 446 g/mol. The second kappa shape index (κ2) is 9.14. The van der Waals surface area contributed by atoms with Gasteiger partial charge in [-0.3, -0.25) is 0 Å². The van der Waals surface area contributed by atoms with Gasteiger partial charge < -0.3 is 24.8 Å². The number of aryl methyl sites for hydroxylation is 1. The second-order valence-corrected chi connectivity index (χ2v) is 9.24. The van der Waals surface area contributed by atoms with Gasteiger partial charge in [-0.2, -0.15) is 0 Å². The molecule has 5 atom stereocenters. The van der Waals surface area contributed by atoms with Crippen molar-refractivity contribution < 1.29 is 9.63 Å². The first-order chi connectivity index (χ1) is 16.1. The Labute approximate surface area is 194 Å². The zero-order valence-corrected chi connectivity index (χ0v) is 19.2. The number of aliphatic hydroxyl groups excluding tert-OH is 1. The first-order valence-corrected chi connectivity index (χ1v) is 11.8. The van der Waals surface area contributed by atoms with E-state index in [0.717, 1.165) is 54.5 Å². The van der Waals surface area contributed by atoms with Crippen LogP contribution < -0.4 is 5.73 Å². The van der Waals surface area contributed by atoms with Crippen LogP contribution in [0.25, 0.3) is 11.3 Å². The molecule has 1 aliphatic carbocycles. The fourth-order valence-electron chi connectivity index (χ4n) is 5.10. The molecular weight excluding hydrogens is 414 g/mol. The maximum absolute atomic E-state index is 9.55. The summed E-state index contributed by atoms with van der Waals surface area (Å²) in [6.45, 7) is 7.24. The third-order valence-corrected chi connectivity index (χ3v) is 6.84. The van der Waals surface area contributed by atoms with Gasteiger partial charge in [0.05, 0.1) is 12.1 Å². The molecule has 1 saturated heterocycles. The summed E-state index contributed by atoms with van der Waals surface area (Å²) >= 11 is 0. The molecule has 5 rings (SSSR count). The first-order valence-electron chi connectivity index (χ1n) is 11.8. The third-order valence-electron chi connectivity index (χ3n) is 6.84. The number of imidazole rings is 1. The molecule has 2 unspecified atom stereocenters. The highest BCUT2D eigenvalue weighted by molar-refractivity contribution is 5.59. The number of fused-ring (bicyclic) bond motifs is 1. The van der Waals surface area contributed by atoms with E-state index >= 15 is 0 Å². The number of likely N-dealkylation sites (tertiary alicyclic amines) is 1. The smallest absolute Gasteiger partial charge is 0.167 e. The minimum absolute atomic E-state index is 0.0976. The summed E-state index contributed by atoms with van der Waals surface area (Å²) in [5.74, 6) is 10.3. The number of nitrogens with zero attached hydrogens (tertiary/aromatic N) is 4. The summed E-state index contributed by atoms with van der Waals surface area (Å²) in [6, 6.07) is 9.99. The topological polar surface area (TPSA) is 93.3 Å². The molecule has 0 spiro atoms. The van der Waals surface area contributed by atoms with E-state index in [2.05, 4.69) is 38.4 Å². The quantitative estimate of drug-likeness (QED) is 0.543. The summed E-state index contributed by atoms with van der Waals surface area (Å²) in [4.78, 5) is 6.75. The Morgan fingerprint density at radius 3 is 2.67 bits per heavy atom. The highest BCUT2D eigenvalue weighted by Crippen LogP contribution is 2.51. The van der Waals surface area contributed by atoms with E-state index in [-0.39, 0.29) is 12.1 Å². The number of hydrogen-bond donors (Lipinski definition) is 2. The third kappa shape index (κ3) is 4.47. The minimum atomic E-state index is -0.258. The molecule has 3 N–H and O–H groups in total. The van der Waals surface area contributed by atoms with Crippen LogP contribution >= 0.6 is 0 Å². The maximum atomic E-state index is 9.55. The summed E-state index contributed by atoms with van der Waals surface area (Å²) in [5, 5.41) is 13.8. The normalized spacial score (nSPS) is 23.6. The van der Waals surface area contributed by atoms with Crippen molar-refractivity contribution in [2.24, 2.45) is 23.5 Å². The lowest BCUT2D eigenvalue weighted by Gasteiger charge is -2.19. The lowest BCUT2D eigenvalue weighted by atomic mass is 10.1. The molecule has 7 nitrogen and oxygen atoms in total. The Morgan fingerprint density at radius 1 is 1.24 bits per heavy atom. The number of β-amino-alcohol motifs (C(OH)–C–C–N with tert-alkyl or cyclic N) is 1. The molecule has 7 heteroatoms.